The van der Waals surface area contributed by atoms with Gasteiger partial charge < -0.3 is 0 Å². The van der Waals surface area contributed by atoms with Crippen molar-refractivity contribution in [3.05, 3.63) is 34.9 Å². The van der Waals surface area contributed by atoms with E-state index in [1.807, 2.05) is 0 Å². The second-order valence-corrected chi connectivity index (χ2v) is 3.74. The first-order valence-corrected chi connectivity index (χ1v) is 5.22. The van der Waals surface area contributed by atoms with Gasteiger partial charge in [-0.1, -0.05) is 23.7 Å². The number of halogens is 1. The van der Waals surface area contributed by atoms with Crippen LogP contribution in [0.5, 0.6) is 0 Å². The highest BCUT2D eigenvalue weighted by atomic mass is 35.5. The third-order valence-corrected chi connectivity index (χ3v) is 2.53. The summed E-state index contributed by atoms with van der Waals surface area (Å²) in [5, 5.41) is 5.71. The van der Waals surface area contributed by atoms with E-state index in [1.54, 1.807) is 31.2 Å². The molecule has 0 atom stereocenters. The van der Waals surface area contributed by atoms with E-state index < -0.39 is 11.7 Å². The molecule has 0 fully saturated rings. The summed E-state index contributed by atoms with van der Waals surface area (Å²) in [6, 6.07) is 6.66. The van der Waals surface area contributed by atoms with Gasteiger partial charge in [-0.05, 0) is 19.1 Å². The second kappa shape index (κ2) is 4.06. The lowest BCUT2D eigenvalue weighted by molar-refractivity contribution is -0.139. The largest absolute Gasteiger partial charge is 0.316 e. The zero-order chi connectivity index (χ0) is 11.7. The molecule has 82 valence electrons. The van der Waals surface area contributed by atoms with E-state index >= 15 is 0 Å². The number of ketones is 1. The number of hydrogen-bond donors (Lipinski definition) is 0. The molecule has 0 aliphatic carbocycles. The number of hydrogen-bond acceptors (Lipinski definition) is 3. The lowest BCUT2D eigenvalue weighted by Crippen LogP contribution is -2.27. The summed E-state index contributed by atoms with van der Waals surface area (Å²) in [7, 11) is 0. The Bertz CT molecular complexity index is 479. The number of Topliss-reactive ketones (excluding diaryl/α,β-unsaturated/α-hetero) is 1. The van der Waals surface area contributed by atoms with Crippen LogP contribution in [0.4, 0.5) is 0 Å². The molecule has 0 bridgehead atoms. The molecule has 0 radical (unpaired) electrons. The maximum atomic E-state index is 11.6. The molecule has 1 aromatic carbocycles. The van der Waals surface area contributed by atoms with E-state index in [4.69, 9.17) is 11.6 Å². The summed E-state index contributed by atoms with van der Waals surface area (Å²) in [6.07, 6.45) is 0. The van der Waals surface area contributed by atoms with Crippen molar-refractivity contribution < 1.29 is 9.59 Å². The van der Waals surface area contributed by atoms with Crippen LogP contribution in [0.3, 0.4) is 0 Å². The van der Waals surface area contributed by atoms with Gasteiger partial charge in [-0.25, -0.2) is 5.01 Å². The van der Waals surface area contributed by atoms with Crippen molar-refractivity contribution in [1.29, 1.82) is 0 Å². The highest BCUT2D eigenvalue weighted by Crippen LogP contribution is 2.15. The average molecular weight is 237 g/mol. The minimum Gasteiger partial charge on any atom is -0.281 e. The first kappa shape index (κ1) is 10.8. The molecular formula is C11H9ClN2O2. The number of carbonyl (C=O) groups is 2. The van der Waals surface area contributed by atoms with E-state index in [1.165, 1.54) is 0 Å². The van der Waals surface area contributed by atoms with E-state index in [-0.39, 0.29) is 5.71 Å². The number of likely N-dealkylation sites (N-methyl/N-ethyl adjacent to an activating group) is 1. The number of hydrazone groups is 1. The number of nitrogens with zero attached hydrogens (tertiary/aromatic N) is 2. The van der Waals surface area contributed by atoms with Gasteiger partial charge in [0.1, 0.15) is 5.71 Å². The normalized spacial score (nSPS) is 15.6. The molecule has 1 aromatic rings. The Morgan fingerprint density at radius 2 is 1.88 bits per heavy atom. The predicted octanol–water partition coefficient (Wildman–Crippen LogP) is 1.48. The van der Waals surface area contributed by atoms with Gasteiger partial charge in [-0.3, -0.25) is 9.59 Å². The van der Waals surface area contributed by atoms with Gasteiger partial charge in [0.2, 0.25) is 0 Å². The van der Waals surface area contributed by atoms with Crippen molar-refractivity contribution in [3.8, 4) is 0 Å². The fourth-order valence-corrected chi connectivity index (χ4v) is 1.57. The van der Waals surface area contributed by atoms with E-state index in [0.29, 0.717) is 17.1 Å². The quantitative estimate of drug-likeness (QED) is 0.731. The topological polar surface area (TPSA) is 49.7 Å². The van der Waals surface area contributed by atoms with Crippen LogP contribution >= 0.6 is 11.6 Å². The molecule has 1 heterocycles. The lowest BCUT2D eigenvalue weighted by atomic mass is 10.1. The third-order valence-electron chi connectivity index (χ3n) is 2.28. The van der Waals surface area contributed by atoms with Crippen LogP contribution < -0.4 is 0 Å². The first-order chi connectivity index (χ1) is 7.63. The highest BCUT2D eigenvalue weighted by Gasteiger charge is 2.33. The fourth-order valence-electron chi connectivity index (χ4n) is 1.44. The van der Waals surface area contributed by atoms with Crippen LogP contribution in [-0.4, -0.2) is 29.0 Å². The maximum absolute atomic E-state index is 11.6. The van der Waals surface area contributed by atoms with Gasteiger partial charge in [0.05, 0.1) is 0 Å². The second-order valence-electron chi connectivity index (χ2n) is 3.31. The van der Waals surface area contributed by atoms with E-state index in [2.05, 4.69) is 5.10 Å². The van der Waals surface area contributed by atoms with Crippen LogP contribution in [0, 0.1) is 0 Å². The van der Waals surface area contributed by atoms with E-state index in [0.717, 1.165) is 5.01 Å². The minimum absolute atomic E-state index is 0.184. The standard InChI is InChI=1S/C11H9ClN2O2/c1-2-14-11(16)10(15)9(13-14)7-3-5-8(12)6-4-7/h3-6H,2H2,1H3. The van der Waals surface area contributed by atoms with Crippen LogP contribution in [-0.2, 0) is 9.59 Å². The van der Waals surface area contributed by atoms with Gasteiger partial charge in [0.25, 0.3) is 5.78 Å². The Balaban J connectivity index is 2.38. The minimum atomic E-state index is -0.576. The monoisotopic (exact) mass is 236 g/mol. The van der Waals surface area contributed by atoms with Crippen molar-refractivity contribution in [2.45, 2.75) is 6.92 Å². The number of rotatable bonds is 2. The number of carbonyl (C=O) groups excluding carboxylic acids is 2. The highest BCUT2D eigenvalue weighted by molar-refractivity contribution is 6.69. The Labute approximate surface area is 97.5 Å². The molecule has 16 heavy (non-hydrogen) atoms. The molecule has 1 aliphatic heterocycles. The summed E-state index contributed by atoms with van der Waals surface area (Å²) in [5.41, 5.74) is 0.794. The van der Waals surface area contributed by atoms with Crippen molar-refractivity contribution in [1.82, 2.24) is 5.01 Å². The van der Waals surface area contributed by atoms with Crippen LogP contribution in [0.1, 0.15) is 12.5 Å². The first-order valence-electron chi connectivity index (χ1n) is 4.84. The predicted molar refractivity (Wildman–Crippen MR) is 60.4 cm³/mol. The van der Waals surface area contributed by atoms with Crippen LogP contribution in [0.25, 0.3) is 0 Å². The zero-order valence-electron chi connectivity index (χ0n) is 8.61. The lowest BCUT2D eigenvalue weighted by Gasteiger charge is -2.04. The molecular weight excluding hydrogens is 228 g/mol. The number of amides is 1. The third kappa shape index (κ3) is 1.72. The van der Waals surface area contributed by atoms with Gasteiger partial charge in [-0.15, -0.1) is 0 Å². The van der Waals surface area contributed by atoms with Gasteiger partial charge in [-0.2, -0.15) is 5.10 Å². The molecule has 0 saturated heterocycles. The molecule has 0 aromatic heterocycles. The summed E-state index contributed by atoms with van der Waals surface area (Å²) in [6.45, 7) is 2.15. The fraction of sp³-hybridized carbons (Fsp3) is 0.182. The van der Waals surface area contributed by atoms with Gasteiger partial charge in [0, 0.05) is 17.1 Å². The van der Waals surface area contributed by atoms with Crippen molar-refractivity contribution in [2.75, 3.05) is 6.54 Å². The zero-order valence-corrected chi connectivity index (χ0v) is 9.36. The number of benzene rings is 1. The summed E-state index contributed by atoms with van der Waals surface area (Å²) in [5.74, 6) is -1.14. The SMILES string of the molecule is CCN1N=C(c2ccc(Cl)cc2)C(=O)C1=O. The van der Waals surface area contributed by atoms with Crippen molar-refractivity contribution >= 4 is 29.0 Å². The summed E-state index contributed by atoms with van der Waals surface area (Å²) >= 11 is 5.74. The summed E-state index contributed by atoms with van der Waals surface area (Å²) < 4.78 is 0. The van der Waals surface area contributed by atoms with Crippen LogP contribution in [0.2, 0.25) is 5.02 Å². The molecule has 1 amide bonds. The molecule has 4 nitrogen and oxygen atoms in total. The Morgan fingerprint density at radius 1 is 1.25 bits per heavy atom. The molecule has 1 aliphatic rings. The van der Waals surface area contributed by atoms with Crippen molar-refractivity contribution in [2.24, 2.45) is 5.10 Å². The maximum Gasteiger partial charge on any atom is 0.316 e. The van der Waals surface area contributed by atoms with Crippen molar-refractivity contribution in [3.63, 3.8) is 0 Å². The summed E-state index contributed by atoms with van der Waals surface area (Å²) in [4.78, 5) is 23.0. The molecule has 2 rings (SSSR count). The smallest absolute Gasteiger partial charge is 0.281 e. The molecule has 5 heteroatoms. The average Bonchev–Trinajstić information content (AvgIpc) is 2.57. The Hall–Kier alpha value is -1.68. The van der Waals surface area contributed by atoms with E-state index in [9.17, 15) is 9.59 Å². The van der Waals surface area contributed by atoms with Crippen LogP contribution in [0.15, 0.2) is 29.4 Å². The Morgan fingerprint density at radius 3 is 2.38 bits per heavy atom. The molecule has 0 spiro atoms. The van der Waals surface area contributed by atoms with Gasteiger partial charge in [0.15, 0.2) is 0 Å². The Kier molecular flexibility index (Phi) is 2.75. The molecule has 0 unspecified atom stereocenters. The molecule has 0 saturated carbocycles. The van der Waals surface area contributed by atoms with Gasteiger partial charge >= 0.3 is 5.91 Å². The molecule has 0 N–H and O–H groups in total.